The molecule has 0 spiro atoms. The van der Waals surface area contributed by atoms with Gasteiger partial charge in [-0.1, -0.05) is 12.1 Å². The molecule has 1 aromatic heterocycles. The van der Waals surface area contributed by atoms with Crippen molar-refractivity contribution in [3.63, 3.8) is 0 Å². The summed E-state index contributed by atoms with van der Waals surface area (Å²) in [5, 5.41) is 4.16. The van der Waals surface area contributed by atoms with Crippen molar-refractivity contribution in [2.75, 3.05) is 11.0 Å². The number of nitrogens with zero attached hydrogens (tertiary/aromatic N) is 2. The summed E-state index contributed by atoms with van der Waals surface area (Å²) in [5.74, 6) is 0. The highest BCUT2D eigenvalue weighted by Gasteiger charge is 2.18. The van der Waals surface area contributed by atoms with Crippen molar-refractivity contribution in [3.05, 3.63) is 65.4 Å². The van der Waals surface area contributed by atoms with E-state index in [2.05, 4.69) is 25.8 Å². The second kappa shape index (κ2) is 6.86. The third kappa shape index (κ3) is 3.97. The monoisotopic (exact) mass is 455 g/mol. The second-order valence-electron chi connectivity index (χ2n) is 5.47. The van der Waals surface area contributed by atoms with Gasteiger partial charge in [-0.3, -0.25) is 4.72 Å². The van der Waals surface area contributed by atoms with Crippen molar-refractivity contribution >= 4 is 41.5 Å². The van der Waals surface area contributed by atoms with Crippen LogP contribution in [0.1, 0.15) is 0 Å². The zero-order valence-electron chi connectivity index (χ0n) is 13.5. The molecule has 0 aliphatic rings. The van der Waals surface area contributed by atoms with Crippen LogP contribution < -0.4 is 4.72 Å². The lowest BCUT2D eigenvalue weighted by molar-refractivity contribution is 0.597. The summed E-state index contributed by atoms with van der Waals surface area (Å²) < 4.78 is 53.1. The Morgan fingerprint density at radius 3 is 2.15 bits per heavy atom. The summed E-state index contributed by atoms with van der Waals surface area (Å²) in [6.07, 6.45) is 4.36. The van der Waals surface area contributed by atoms with Crippen LogP contribution in [0.15, 0.2) is 75.2 Å². The van der Waals surface area contributed by atoms with E-state index < -0.39 is 19.9 Å². The quantitative estimate of drug-likeness (QED) is 0.637. The van der Waals surface area contributed by atoms with Crippen molar-refractivity contribution < 1.29 is 16.8 Å². The fourth-order valence-electron chi connectivity index (χ4n) is 2.26. The molecule has 0 aliphatic carbocycles. The highest BCUT2D eigenvalue weighted by molar-refractivity contribution is 9.10. The van der Waals surface area contributed by atoms with Gasteiger partial charge in [0.25, 0.3) is 10.0 Å². The summed E-state index contributed by atoms with van der Waals surface area (Å²) in [6, 6.07) is 11.9. The fourth-order valence-corrected chi connectivity index (χ4v) is 4.25. The van der Waals surface area contributed by atoms with Crippen molar-refractivity contribution in [1.29, 1.82) is 0 Å². The Hall–Kier alpha value is -2.17. The molecule has 0 unspecified atom stereocenters. The first-order valence-electron chi connectivity index (χ1n) is 7.29. The van der Waals surface area contributed by atoms with Crippen LogP contribution in [0.5, 0.6) is 0 Å². The lowest BCUT2D eigenvalue weighted by Crippen LogP contribution is -2.15. The first-order chi connectivity index (χ1) is 12.2. The van der Waals surface area contributed by atoms with E-state index in [4.69, 9.17) is 0 Å². The molecule has 2 aromatic carbocycles. The van der Waals surface area contributed by atoms with Gasteiger partial charge in [0.1, 0.15) is 0 Å². The molecule has 3 aromatic rings. The molecule has 0 saturated heterocycles. The number of nitrogens with one attached hydrogen (secondary N) is 1. The Balaban J connectivity index is 1.96. The zero-order chi connectivity index (χ0) is 18.9. The predicted molar refractivity (Wildman–Crippen MR) is 102 cm³/mol. The number of aromatic nitrogens is 2. The second-order valence-corrected chi connectivity index (χ2v) is 10.1. The minimum Gasteiger partial charge on any atom is -0.277 e. The number of anilines is 1. The zero-order valence-corrected chi connectivity index (χ0v) is 16.7. The first-order valence-corrected chi connectivity index (χ1v) is 11.5. The molecule has 0 atom stereocenters. The Kier molecular flexibility index (Phi) is 4.91. The summed E-state index contributed by atoms with van der Waals surface area (Å²) in [7, 11) is -7.29. The molecule has 10 heteroatoms. The van der Waals surface area contributed by atoms with Gasteiger partial charge in [0.05, 0.1) is 31.8 Å². The van der Waals surface area contributed by atoms with Gasteiger partial charge in [-0.15, -0.1) is 0 Å². The Morgan fingerprint density at radius 1 is 0.962 bits per heavy atom. The van der Waals surface area contributed by atoms with Gasteiger partial charge in [0.15, 0.2) is 9.84 Å². The fraction of sp³-hybridized carbons (Fsp3) is 0.0625. The van der Waals surface area contributed by atoms with Crippen LogP contribution >= 0.6 is 15.9 Å². The van der Waals surface area contributed by atoms with Crippen molar-refractivity contribution in [2.24, 2.45) is 0 Å². The van der Waals surface area contributed by atoms with Crippen molar-refractivity contribution in [3.8, 4) is 5.69 Å². The molecule has 0 radical (unpaired) electrons. The number of benzene rings is 2. The molecule has 136 valence electrons. The van der Waals surface area contributed by atoms with Gasteiger partial charge < -0.3 is 0 Å². The number of rotatable bonds is 5. The van der Waals surface area contributed by atoms with E-state index >= 15 is 0 Å². The maximum Gasteiger partial charge on any atom is 0.261 e. The van der Waals surface area contributed by atoms with E-state index in [-0.39, 0.29) is 9.79 Å². The number of halogens is 1. The van der Waals surface area contributed by atoms with Crippen LogP contribution in [0.25, 0.3) is 5.69 Å². The van der Waals surface area contributed by atoms with Gasteiger partial charge in [-0.05, 0) is 52.3 Å². The van der Waals surface area contributed by atoms with Gasteiger partial charge >= 0.3 is 0 Å². The third-order valence-corrected chi connectivity index (χ3v) is 6.43. The smallest absolute Gasteiger partial charge is 0.261 e. The Bertz CT molecular complexity index is 1150. The molecule has 26 heavy (non-hydrogen) atoms. The molecular weight excluding hydrogens is 442 g/mol. The van der Waals surface area contributed by atoms with Crippen LogP contribution in [0, 0.1) is 0 Å². The summed E-state index contributed by atoms with van der Waals surface area (Å²) in [4.78, 5) is 0.0135. The van der Waals surface area contributed by atoms with E-state index in [1.165, 1.54) is 28.9 Å². The van der Waals surface area contributed by atoms with Gasteiger partial charge in [0.2, 0.25) is 0 Å². The van der Waals surface area contributed by atoms with E-state index in [9.17, 15) is 16.8 Å². The number of para-hydroxylation sites is 2. The molecule has 7 nitrogen and oxygen atoms in total. The highest BCUT2D eigenvalue weighted by atomic mass is 79.9. The molecule has 0 aliphatic heterocycles. The average Bonchev–Trinajstić information content (AvgIpc) is 3.01. The van der Waals surface area contributed by atoms with Crippen LogP contribution in [-0.2, 0) is 19.9 Å². The average molecular weight is 456 g/mol. The van der Waals surface area contributed by atoms with Gasteiger partial charge in [-0.25, -0.2) is 21.5 Å². The lowest BCUT2D eigenvalue weighted by atomic mass is 10.3. The highest BCUT2D eigenvalue weighted by Crippen LogP contribution is 2.24. The molecule has 1 heterocycles. The normalized spacial score (nSPS) is 12.1. The molecule has 0 bridgehead atoms. The van der Waals surface area contributed by atoms with E-state index in [0.29, 0.717) is 11.4 Å². The lowest BCUT2D eigenvalue weighted by Gasteiger charge is -2.12. The first kappa shape index (κ1) is 18.6. The van der Waals surface area contributed by atoms with E-state index in [0.717, 1.165) is 10.7 Å². The summed E-state index contributed by atoms with van der Waals surface area (Å²) in [5.41, 5.74) is 0.893. The molecule has 3 rings (SSSR count). The molecule has 0 fully saturated rings. The predicted octanol–water partition coefficient (Wildman–Crippen LogP) is 2.84. The summed E-state index contributed by atoms with van der Waals surface area (Å²) >= 11 is 3.30. The van der Waals surface area contributed by atoms with Gasteiger partial charge in [-0.2, -0.15) is 5.10 Å². The van der Waals surface area contributed by atoms with Crippen molar-refractivity contribution in [2.45, 2.75) is 9.79 Å². The van der Waals surface area contributed by atoms with Crippen LogP contribution in [0.3, 0.4) is 0 Å². The summed E-state index contributed by atoms with van der Waals surface area (Å²) in [6.45, 7) is 0. The Morgan fingerprint density at radius 2 is 1.58 bits per heavy atom. The molecule has 0 saturated carbocycles. The van der Waals surface area contributed by atoms with Crippen LogP contribution in [0.4, 0.5) is 5.69 Å². The molecular formula is C16H14BrN3O4S2. The largest absolute Gasteiger partial charge is 0.277 e. The van der Waals surface area contributed by atoms with E-state index in [1.54, 1.807) is 36.7 Å². The minimum atomic E-state index is -3.90. The van der Waals surface area contributed by atoms with Crippen LogP contribution in [-0.4, -0.2) is 32.9 Å². The third-order valence-electron chi connectivity index (χ3n) is 3.51. The topological polar surface area (TPSA) is 98.1 Å². The maximum absolute atomic E-state index is 12.7. The van der Waals surface area contributed by atoms with Crippen molar-refractivity contribution in [1.82, 2.24) is 9.78 Å². The van der Waals surface area contributed by atoms with Crippen LogP contribution in [0.2, 0.25) is 0 Å². The number of sulfonamides is 1. The minimum absolute atomic E-state index is 0.0404. The van der Waals surface area contributed by atoms with E-state index in [1.807, 2.05) is 0 Å². The maximum atomic E-state index is 12.7. The Labute approximate surface area is 159 Å². The number of sulfone groups is 1. The number of hydrogen-bond acceptors (Lipinski definition) is 5. The molecule has 0 amide bonds. The SMILES string of the molecule is CS(=O)(=O)c1ccc(S(=O)(=O)Nc2ccccc2-n2cc(Br)cn2)cc1. The standard InChI is InChI=1S/C16H14BrN3O4S2/c1-25(21,22)13-6-8-14(9-7-13)26(23,24)19-15-4-2-3-5-16(15)20-11-12(17)10-18-20/h2-11,19H,1H3. The molecule has 1 N–H and O–H groups in total. The number of hydrogen-bond donors (Lipinski definition) is 1. The van der Waals surface area contributed by atoms with Gasteiger partial charge in [0, 0.05) is 12.5 Å².